The largest absolute Gasteiger partial charge is 0.357 e. The first-order chi connectivity index (χ1) is 10.5. The Morgan fingerprint density at radius 1 is 1.23 bits per heavy atom. The summed E-state index contributed by atoms with van der Waals surface area (Å²) >= 11 is 0.999. The van der Waals surface area contributed by atoms with Gasteiger partial charge in [-0.15, -0.1) is 0 Å². The highest BCUT2D eigenvalue weighted by Crippen LogP contribution is 2.33. The number of aromatic nitrogens is 1. The molecule has 3 rings (SSSR count). The summed E-state index contributed by atoms with van der Waals surface area (Å²) in [5.74, 6) is -0.222. The molecule has 1 aromatic heterocycles. The summed E-state index contributed by atoms with van der Waals surface area (Å²) in [5.41, 5.74) is 3.00. The van der Waals surface area contributed by atoms with Gasteiger partial charge in [-0.25, -0.2) is 0 Å². The van der Waals surface area contributed by atoms with Crippen LogP contribution in [0.4, 0.5) is 4.79 Å². The standard InChI is InChI=1S/C17H16N2O2S/c1-12-4-3-5-13(8-12)11-19-16(20)15(22-17(19)21)9-14-6-7-18(2)10-14/h3-10H,11H2,1-2H3/b15-9+. The van der Waals surface area contributed by atoms with Crippen LogP contribution in [0.1, 0.15) is 16.7 Å². The Bertz CT molecular complexity index is 776. The lowest BCUT2D eigenvalue weighted by molar-refractivity contribution is -0.123. The second-order valence-electron chi connectivity index (χ2n) is 5.37. The van der Waals surface area contributed by atoms with Crippen LogP contribution in [0.15, 0.2) is 47.6 Å². The molecule has 2 aromatic rings. The topological polar surface area (TPSA) is 42.3 Å². The lowest BCUT2D eigenvalue weighted by Crippen LogP contribution is -2.27. The molecule has 0 unspecified atom stereocenters. The number of rotatable bonds is 3. The summed E-state index contributed by atoms with van der Waals surface area (Å²) in [6.45, 7) is 2.31. The zero-order chi connectivity index (χ0) is 15.7. The molecule has 0 radical (unpaired) electrons. The maximum atomic E-state index is 12.4. The molecule has 1 aliphatic heterocycles. The van der Waals surface area contributed by atoms with E-state index in [-0.39, 0.29) is 11.1 Å². The van der Waals surface area contributed by atoms with Gasteiger partial charge in [0.05, 0.1) is 11.4 Å². The number of hydrogen-bond donors (Lipinski definition) is 0. The smallest absolute Gasteiger partial charge is 0.293 e. The third kappa shape index (κ3) is 2.99. The summed E-state index contributed by atoms with van der Waals surface area (Å²) in [5, 5.41) is -0.214. The molecular formula is C17H16N2O2S. The molecule has 4 nitrogen and oxygen atoms in total. The molecule has 2 heterocycles. The monoisotopic (exact) mass is 312 g/mol. The van der Waals surface area contributed by atoms with Crippen molar-refractivity contribution in [1.82, 2.24) is 9.47 Å². The average molecular weight is 312 g/mol. The van der Waals surface area contributed by atoms with Crippen LogP contribution in [0.3, 0.4) is 0 Å². The number of nitrogens with zero attached hydrogens (tertiary/aromatic N) is 2. The van der Waals surface area contributed by atoms with Gasteiger partial charge in [0, 0.05) is 19.4 Å². The molecule has 22 heavy (non-hydrogen) atoms. The Hall–Kier alpha value is -2.27. The zero-order valence-corrected chi connectivity index (χ0v) is 13.3. The molecule has 1 aromatic carbocycles. The minimum Gasteiger partial charge on any atom is -0.357 e. The van der Waals surface area contributed by atoms with Crippen molar-refractivity contribution in [3.8, 4) is 0 Å². The third-order valence-electron chi connectivity index (χ3n) is 3.45. The molecule has 0 bridgehead atoms. The van der Waals surface area contributed by atoms with Crippen molar-refractivity contribution in [2.24, 2.45) is 7.05 Å². The molecular weight excluding hydrogens is 296 g/mol. The highest BCUT2D eigenvalue weighted by atomic mass is 32.2. The molecule has 5 heteroatoms. The molecule has 0 spiro atoms. The number of carbonyl (C=O) groups is 2. The van der Waals surface area contributed by atoms with Crippen molar-refractivity contribution in [2.45, 2.75) is 13.5 Å². The van der Waals surface area contributed by atoms with E-state index in [1.807, 2.05) is 61.3 Å². The van der Waals surface area contributed by atoms with Crippen molar-refractivity contribution in [3.05, 3.63) is 64.3 Å². The first-order valence-corrected chi connectivity index (χ1v) is 7.77. The summed E-state index contributed by atoms with van der Waals surface area (Å²) in [7, 11) is 1.92. The van der Waals surface area contributed by atoms with Gasteiger partial charge in [0.15, 0.2) is 0 Å². The molecule has 1 fully saturated rings. The second kappa shape index (κ2) is 5.85. The van der Waals surface area contributed by atoms with E-state index in [1.54, 1.807) is 6.08 Å². The van der Waals surface area contributed by atoms with Crippen LogP contribution < -0.4 is 0 Å². The van der Waals surface area contributed by atoms with Crippen molar-refractivity contribution in [1.29, 1.82) is 0 Å². The zero-order valence-electron chi connectivity index (χ0n) is 12.4. The normalized spacial score (nSPS) is 16.8. The van der Waals surface area contributed by atoms with Crippen LogP contribution in [0.2, 0.25) is 0 Å². The number of carbonyl (C=O) groups excluding carboxylic acids is 2. The van der Waals surface area contributed by atoms with Gasteiger partial charge < -0.3 is 4.57 Å². The van der Waals surface area contributed by atoms with Crippen molar-refractivity contribution >= 4 is 29.0 Å². The molecule has 0 saturated carbocycles. The van der Waals surface area contributed by atoms with Gasteiger partial charge in [-0.05, 0) is 42.0 Å². The summed E-state index contributed by atoms with van der Waals surface area (Å²) < 4.78 is 1.91. The summed E-state index contributed by atoms with van der Waals surface area (Å²) in [4.78, 5) is 26.3. The molecule has 0 atom stereocenters. The lowest BCUT2D eigenvalue weighted by Gasteiger charge is -2.12. The van der Waals surface area contributed by atoms with E-state index < -0.39 is 0 Å². The van der Waals surface area contributed by atoms with E-state index in [9.17, 15) is 9.59 Å². The van der Waals surface area contributed by atoms with Crippen LogP contribution in [0.5, 0.6) is 0 Å². The number of thioether (sulfide) groups is 1. The van der Waals surface area contributed by atoms with Gasteiger partial charge in [-0.3, -0.25) is 14.5 Å². The van der Waals surface area contributed by atoms with E-state index in [2.05, 4.69) is 0 Å². The number of hydrogen-bond acceptors (Lipinski definition) is 3. The SMILES string of the molecule is Cc1cccc(CN2C(=O)S/C(=C/c3ccn(C)c3)C2=O)c1. The van der Waals surface area contributed by atoms with E-state index in [0.29, 0.717) is 11.4 Å². The van der Waals surface area contributed by atoms with Crippen LogP contribution in [-0.2, 0) is 18.4 Å². The Balaban J connectivity index is 1.81. The van der Waals surface area contributed by atoms with Gasteiger partial charge in [0.2, 0.25) is 0 Å². The van der Waals surface area contributed by atoms with E-state index in [4.69, 9.17) is 0 Å². The average Bonchev–Trinajstić information content (AvgIpc) is 2.98. The minimum atomic E-state index is -0.222. The molecule has 0 N–H and O–H groups in total. The maximum absolute atomic E-state index is 12.4. The van der Waals surface area contributed by atoms with Crippen LogP contribution in [-0.4, -0.2) is 20.6 Å². The quantitative estimate of drug-likeness (QED) is 0.814. The highest BCUT2D eigenvalue weighted by Gasteiger charge is 2.34. The Kier molecular flexibility index (Phi) is 3.90. The second-order valence-corrected chi connectivity index (χ2v) is 6.36. The van der Waals surface area contributed by atoms with Gasteiger partial charge in [0.1, 0.15) is 0 Å². The Labute approximate surface area is 133 Å². The number of amides is 2. The fourth-order valence-electron chi connectivity index (χ4n) is 2.39. The Morgan fingerprint density at radius 2 is 2.05 bits per heavy atom. The lowest BCUT2D eigenvalue weighted by atomic mass is 10.1. The van der Waals surface area contributed by atoms with Crippen molar-refractivity contribution < 1.29 is 9.59 Å². The predicted molar refractivity (Wildman–Crippen MR) is 88.1 cm³/mol. The van der Waals surface area contributed by atoms with Gasteiger partial charge >= 0.3 is 0 Å². The van der Waals surface area contributed by atoms with Gasteiger partial charge in [-0.1, -0.05) is 29.8 Å². The molecule has 0 aliphatic carbocycles. The van der Waals surface area contributed by atoms with Crippen molar-refractivity contribution in [2.75, 3.05) is 0 Å². The first kappa shape index (κ1) is 14.7. The highest BCUT2D eigenvalue weighted by molar-refractivity contribution is 8.18. The fourth-order valence-corrected chi connectivity index (χ4v) is 3.23. The van der Waals surface area contributed by atoms with E-state index >= 15 is 0 Å². The van der Waals surface area contributed by atoms with Crippen LogP contribution in [0, 0.1) is 6.92 Å². The van der Waals surface area contributed by atoms with Crippen molar-refractivity contribution in [3.63, 3.8) is 0 Å². The fraction of sp³-hybridized carbons (Fsp3) is 0.176. The van der Waals surface area contributed by atoms with Crippen LogP contribution in [0.25, 0.3) is 6.08 Å². The number of aryl methyl sites for hydroxylation is 2. The first-order valence-electron chi connectivity index (χ1n) is 6.96. The third-order valence-corrected chi connectivity index (χ3v) is 4.36. The summed E-state index contributed by atoms with van der Waals surface area (Å²) in [6.07, 6.45) is 5.58. The number of imide groups is 1. The molecule has 1 saturated heterocycles. The summed E-state index contributed by atoms with van der Waals surface area (Å²) in [6, 6.07) is 9.76. The molecule has 112 valence electrons. The number of benzene rings is 1. The van der Waals surface area contributed by atoms with Gasteiger partial charge in [0.25, 0.3) is 11.1 Å². The predicted octanol–water partition coefficient (Wildman–Crippen LogP) is 3.57. The molecule has 2 amide bonds. The Morgan fingerprint density at radius 3 is 2.73 bits per heavy atom. The molecule has 1 aliphatic rings. The van der Waals surface area contributed by atoms with E-state index in [0.717, 1.165) is 28.5 Å². The van der Waals surface area contributed by atoms with Gasteiger partial charge in [-0.2, -0.15) is 0 Å². The van der Waals surface area contributed by atoms with Crippen LogP contribution >= 0.6 is 11.8 Å². The maximum Gasteiger partial charge on any atom is 0.293 e. The van der Waals surface area contributed by atoms with E-state index in [1.165, 1.54) is 4.90 Å². The minimum absolute atomic E-state index is 0.214.